The Morgan fingerprint density at radius 3 is 2.89 bits per heavy atom. The van der Waals surface area contributed by atoms with Crippen LogP contribution in [0.4, 0.5) is 4.39 Å². The fraction of sp³-hybridized carbons (Fsp3) is 0.368. The van der Waals surface area contributed by atoms with E-state index in [1.54, 1.807) is 21.7 Å². The number of halogens is 1. The second-order valence-electron chi connectivity index (χ2n) is 7.19. The van der Waals surface area contributed by atoms with Crippen LogP contribution in [0.3, 0.4) is 0 Å². The fourth-order valence-electron chi connectivity index (χ4n) is 3.89. The average Bonchev–Trinajstić information content (AvgIpc) is 3.28. The van der Waals surface area contributed by atoms with Crippen molar-refractivity contribution in [2.75, 3.05) is 13.1 Å². The third kappa shape index (κ3) is 2.95. The summed E-state index contributed by atoms with van der Waals surface area (Å²) in [6.07, 6.45) is 5.66. The Morgan fingerprint density at radius 1 is 1.19 bits per heavy atom. The summed E-state index contributed by atoms with van der Waals surface area (Å²) in [6, 6.07) is 6.75. The number of piperidine rings is 1. The zero-order valence-electron chi connectivity index (χ0n) is 15.1. The Morgan fingerprint density at radius 2 is 2.04 bits per heavy atom. The lowest BCUT2D eigenvalue weighted by Crippen LogP contribution is -2.34. The Labute approximate surface area is 155 Å². The summed E-state index contributed by atoms with van der Waals surface area (Å²) in [7, 11) is 1.87. The van der Waals surface area contributed by atoms with Gasteiger partial charge in [-0.3, -0.25) is 9.58 Å². The minimum absolute atomic E-state index is 0.195. The highest BCUT2D eigenvalue weighted by molar-refractivity contribution is 5.88. The molecular formula is C19H20FN7. The second kappa shape index (κ2) is 6.38. The maximum atomic E-state index is 13.1. The van der Waals surface area contributed by atoms with Crippen LogP contribution >= 0.6 is 0 Å². The van der Waals surface area contributed by atoms with E-state index in [1.807, 2.05) is 19.2 Å². The maximum Gasteiger partial charge on any atom is 0.170 e. The van der Waals surface area contributed by atoms with Crippen LogP contribution in [-0.2, 0) is 13.6 Å². The summed E-state index contributed by atoms with van der Waals surface area (Å²) in [5.74, 6) is 0.947. The number of benzene rings is 1. The lowest BCUT2D eigenvalue weighted by atomic mass is 9.97. The van der Waals surface area contributed by atoms with Crippen molar-refractivity contribution in [1.29, 1.82) is 0 Å². The van der Waals surface area contributed by atoms with E-state index < -0.39 is 0 Å². The van der Waals surface area contributed by atoms with Gasteiger partial charge < -0.3 is 0 Å². The second-order valence-corrected chi connectivity index (χ2v) is 7.19. The summed E-state index contributed by atoms with van der Waals surface area (Å²) in [4.78, 5) is 11.6. The molecule has 4 heterocycles. The van der Waals surface area contributed by atoms with E-state index >= 15 is 0 Å². The molecule has 1 fully saturated rings. The van der Waals surface area contributed by atoms with Crippen LogP contribution in [0.25, 0.3) is 16.7 Å². The lowest BCUT2D eigenvalue weighted by molar-refractivity contribution is 0.196. The Balaban J connectivity index is 1.40. The number of hydrogen-bond acceptors (Lipinski definition) is 5. The lowest BCUT2D eigenvalue weighted by Gasteiger charge is -2.31. The highest BCUT2D eigenvalue weighted by Gasteiger charge is 2.25. The Kier molecular flexibility index (Phi) is 3.86. The number of likely N-dealkylation sites (tertiary alicyclic amines) is 1. The summed E-state index contributed by atoms with van der Waals surface area (Å²) in [5, 5.41) is 9.86. The molecule has 1 aliphatic heterocycles. The van der Waals surface area contributed by atoms with Crippen molar-refractivity contribution < 1.29 is 4.39 Å². The molecule has 1 unspecified atom stereocenters. The molecule has 5 rings (SSSR count). The van der Waals surface area contributed by atoms with Crippen LogP contribution < -0.4 is 0 Å². The molecule has 0 amide bonds. The summed E-state index contributed by atoms with van der Waals surface area (Å²) >= 11 is 0. The molecule has 7 nitrogen and oxygen atoms in total. The van der Waals surface area contributed by atoms with Crippen LogP contribution in [0.2, 0.25) is 0 Å². The fourth-order valence-corrected chi connectivity index (χ4v) is 3.89. The zero-order chi connectivity index (χ0) is 18.4. The number of hydrogen-bond donors (Lipinski definition) is 0. The largest absolute Gasteiger partial charge is 0.298 e. The van der Waals surface area contributed by atoms with E-state index in [0.29, 0.717) is 0 Å². The minimum atomic E-state index is -0.195. The van der Waals surface area contributed by atoms with E-state index in [-0.39, 0.29) is 11.7 Å². The van der Waals surface area contributed by atoms with Crippen molar-refractivity contribution in [3.05, 3.63) is 54.0 Å². The molecular weight excluding hydrogens is 345 g/mol. The van der Waals surface area contributed by atoms with Crippen LogP contribution in [-0.4, -0.2) is 47.4 Å². The molecule has 8 heteroatoms. The molecule has 3 aromatic heterocycles. The topological polar surface area (TPSA) is 64.1 Å². The maximum absolute atomic E-state index is 13.1. The average molecular weight is 365 g/mol. The van der Waals surface area contributed by atoms with E-state index in [2.05, 4.69) is 20.1 Å². The number of nitrogens with zero attached hydrogens (tertiary/aromatic N) is 7. The van der Waals surface area contributed by atoms with Crippen molar-refractivity contribution in [2.24, 2.45) is 7.05 Å². The monoisotopic (exact) mass is 365 g/mol. The van der Waals surface area contributed by atoms with Gasteiger partial charge in [-0.2, -0.15) is 5.10 Å². The van der Waals surface area contributed by atoms with Gasteiger partial charge in [-0.05, 0) is 37.1 Å². The molecule has 1 aliphatic rings. The van der Waals surface area contributed by atoms with E-state index in [1.165, 1.54) is 12.1 Å². The summed E-state index contributed by atoms with van der Waals surface area (Å²) < 4.78 is 16.6. The third-order valence-corrected chi connectivity index (χ3v) is 5.28. The van der Waals surface area contributed by atoms with Gasteiger partial charge in [-0.25, -0.2) is 18.9 Å². The molecule has 1 saturated heterocycles. The first-order chi connectivity index (χ1) is 13.2. The molecule has 138 valence electrons. The van der Waals surface area contributed by atoms with Crippen molar-refractivity contribution in [2.45, 2.75) is 25.3 Å². The van der Waals surface area contributed by atoms with E-state index in [0.717, 1.165) is 60.5 Å². The van der Waals surface area contributed by atoms with Gasteiger partial charge in [0.25, 0.3) is 0 Å². The Bertz CT molecular complexity index is 1100. The molecule has 0 aliphatic carbocycles. The summed E-state index contributed by atoms with van der Waals surface area (Å²) in [6.45, 7) is 2.76. The molecule has 0 N–H and O–H groups in total. The van der Waals surface area contributed by atoms with Gasteiger partial charge in [0, 0.05) is 26.1 Å². The van der Waals surface area contributed by atoms with Crippen LogP contribution in [0.15, 0.2) is 36.8 Å². The van der Waals surface area contributed by atoms with Crippen LogP contribution in [0.1, 0.15) is 30.1 Å². The Hall–Kier alpha value is -2.87. The quantitative estimate of drug-likeness (QED) is 0.558. The molecule has 27 heavy (non-hydrogen) atoms. The number of aromatic nitrogens is 6. The van der Waals surface area contributed by atoms with Crippen LogP contribution in [0.5, 0.6) is 0 Å². The van der Waals surface area contributed by atoms with E-state index in [9.17, 15) is 4.39 Å². The molecule has 1 aromatic carbocycles. The first kappa shape index (κ1) is 16.3. The first-order valence-corrected chi connectivity index (χ1v) is 9.17. The van der Waals surface area contributed by atoms with Gasteiger partial charge in [-0.15, -0.1) is 5.10 Å². The molecule has 0 radical (unpaired) electrons. The summed E-state index contributed by atoms with van der Waals surface area (Å²) in [5.41, 5.74) is 2.74. The minimum Gasteiger partial charge on any atom is -0.298 e. The number of fused-ring (bicyclic) bond motifs is 3. The van der Waals surface area contributed by atoms with E-state index in [4.69, 9.17) is 4.98 Å². The molecule has 0 bridgehead atoms. The molecule has 1 atom stereocenters. The molecule has 0 spiro atoms. The predicted molar refractivity (Wildman–Crippen MR) is 98.7 cm³/mol. The van der Waals surface area contributed by atoms with Crippen molar-refractivity contribution >= 4 is 16.7 Å². The highest BCUT2D eigenvalue weighted by atomic mass is 19.1. The van der Waals surface area contributed by atoms with Gasteiger partial charge in [0.05, 0.1) is 11.6 Å². The van der Waals surface area contributed by atoms with Crippen molar-refractivity contribution in [3.63, 3.8) is 0 Å². The first-order valence-electron chi connectivity index (χ1n) is 9.17. The van der Waals surface area contributed by atoms with Gasteiger partial charge >= 0.3 is 0 Å². The van der Waals surface area contributed by atoms with Gasteiger partial charge in [0.2, 0.25) is 0 Å². The SMILES string of the molecule is Cn1ncc2c1ncn1nc(C3CCCN(Cc4ccc(F)cc4)C3)nc21. The van der Waals surface area contributed by atoms with Gasteiger partial charge in [0.1, 0.15) is 12.1 Å². The number of aryl methyl sites for hydroxylation is 1. The normalized spacial score (nSPS) is 18.5. The molecule has 4 aromatic rings. The highest BCUT2D eigenvalue weighted by Crippen LogP contribution is 2.27. The van der Waals surface area contributed by atoms with Gasteiger partial charge in [0.15, 0.2) is 17.1 Å². The third-order valence-electron chi connectivity index (χ3n) is 5.28. The predicted octanol–water partition coefficient (Wildman–Crippen LogP) is 2.53. The standard InChI is InChI=1S/C19H20FN7/c1-25-18-16(9-22-25)19-23-17(24-27(19)12-21-18)14-3-2-8-26(11-14)10-13-4-6-15(20)7-5-13/h4-7,9,12,14H,2-3,8,10-11H2,1H3. The molecule has 0 saturated carbocycles. The smallest absolute Gasteiger partial charge is 0.170 e. The van der Waals surface area contributed by atoms with Crippen LogP contribution in [0, 0.1) is 5.82 Å². The van der Waals surface area contributed by atoms with Crippen molar-refractivity contribution in [1.82, 2.24) is 34.3 Å². The van der Waals surface area contributed by atoms with Crippen molar-refractivity contribution in [3.8, 4) is 0 Å². The zero-order valence-corrected chi connectivity index (χ0v) is 15.1. The van der Waals surface area contributed by atoms with Gasteiger partial charge in [-0.1, -0.05) is 12.1 Å². The number of rotatable bonds is 3.